The van der Waals surface area contributed by atoms with Crippen LogP contribution in [0.15, 0.2) is 0 Å². The first-order valence-corrected chi connectivity index (χ1v) is 6.62. The summed E-state index contributed by atoms with van der Waals surface area (Å²) < 4.78 is 6.04. The maximum Gasteiger partial charge on any atom is 0.0710 e. The summed E-state index contributed by atoms with van der Waals surface area (Å²) in [6.07, 6.45) is 4.08. The van der Waals surface area contributed by atoms with E-state index in [2.05, 4.69) is 31.0 Å². The first-order chi connectivity index (χ1) is 7.57. The third-order valence-electron chi connectivity index (χ3n) is 3.23. The van der Waals surface area contributed by atoms with Crippen molar-refractivity contribution < 1.29 is 4.74 Å². The summed E-state index contributed by atoms with van der Waals surface area (Å²) in [5.41, 5.74) is 0.103. The van der Waals surface area contributed by atoms with Gasteiger partial charge < -0.3 is 10.1 Å². The van der Waals surface area contributed by atoms with Crippen LogP contribution in [0.25, 0.3) is 0 Å². The zero-order chi connectivity index (χ0) is 12.0. The average molecular weight is 228 g/mol. The Hall–Kier alpha value is -0.120. The lowest BCUT2D eigenvalue weighted by Gasteiger charge is -2.26. The summed E-state index contributed by atoms with van der Waals surface area (Å²) in [6.45, 7) is 11.1. The standard InChI is InChI=1S/C13H28N2O/c1-5-9-15(10-8-14-4)11-12-6-7-13(2,3)16-12/h12,14H,5-11H2,1-4H3. The van der Waals surface area contributed by atoms with Crippen molar-refractivity contribution in [3.63, 3.8) is 0 Å². The molecule has 1 atom stereocenters. The molecule has 1 aliphatic heterocycles. The Kier molecular flexibility index (Phi) is 5.73. The summed E-state index contributed by atoms with van der Waals surface area (Å²) in [4.78, 5) is 2.52. The average Bonchev–Trinajstić information content (AvgIpc) is 2.55. The van der Waals surface area contributed by atoms with Gasteiger partial charge in [-0.25, -0.2) is 0 Å². The first-order valence-electron chi connectivity index (χ1n) is 6.62. The Morgan fingerprint density at radius 3 is 2.62 bits per heavy atom. The molecule has 0 radical (unpaired) electrons. The molecule has 1 heterocycles. The van der Waals surface area contributed by atoms with Crippen molar-refractivity contribution in [2.45, 2.75) is 51.7 Å². The van der Waals surface area contributed by atoms with Crippen molar-refractivity contribution in [3.8, 4) is 0 Å². The zero-order valence-corrected chi connectivity index (χ0v) is 11.4. The lowest BCUT2D eigenvalue weighted by atomic mass is 10.1. The molecular formula is C13H28N2O. The van der Waals surface area contributed by atoms with Crippen LogP contribution in [-0.4, -0.2) is 49.8 Å². The van der Waals surface area contributed by atoms with Gasteiger partial charge in [-0.2, -0.15) is 0 Å². The molecule has 0 saturated carbocycles. The number of nitrogens with one attached hydrogen (secondary N) is 1. The van der Waals surface area contributed by atoms with E-state index in [-0.39, 0.29) is 5.60 Å². The molecule has 0 aromatic heterocycles. The Morgan fingerprint density at radius 2 is 2.12 bits per heavy atom. The highest BCUT2D eigenvalue weighted by Crippen LogP contribution is 2.29. The maximum atomic E-state index is 6.04. The third kappa shape index (κ3) is 4.81. The topological polar surface area (TPSA) is 24.5 Å². The van der Waals surface area contributed by atoms with E-state index in [0.717, 1.165) is 19.6 Å². The molecule has 0 bridgehead atoms. The molecule has 0 amide bonds. The molecule has 0 aliphatic carbocycles. The molecule has 1 rings (SSSR count). The monoisotopic (exact) mass is 228 g/mol. The molecule has 96 valence electrons. The molecule has 0 aromatic rings. The van der Waals surface area contributed by atoms with E-state index in [4.69, 9.17) is 4.74 Å². The van der Waals surface area contributed by atoms with Crippen LogP contribution in [0.1, 0.15) is 40.0 Å². The van der Waals surface area contributed by atoms with Crippen LogP contribution in [0.3, 0.4) is 0 Å². The maximum absolute atomic E-state index is 6.04. The predicted octanol–water partition coefficient (Wildman–Crippen LogP) is 1.88. The van der Waals surface area contributed by atoms with Gasteiger partial charge in [0.1, 0.15) is 0 Å². The summed E-state index contributed by atoms with van der Waals surface area (Å²) in [7, 11) is 2.01. The van der Waals surface area contributed by atoms with Gasteiger partial charge in [-0.3, -0.25) is 4.90 Å². The van der Waals surface area contributed by atoms with Gasteiger partial charge in [-0.15, -0.1) is 0 Å². The highest BCUT2D eigenvalue weighted by molar-refractivity contribution is 4.82. The van der Waals surface area contributed by atoms with Gasteiger partial charge in [-0.1, -0.05) is 6.92 Å². The molecule has 1 fully saturated rings. The van der Waals surface area contributed by atoms with Crippen LogP contribution < -0.4 is 5.32 Å². The Bertz CT molecular complexity index is 194. The second-order valence-corrected chi connectivity index (χ2v) is 5.44. The lowest BCUT2D eigenvalue weighted by molar-refractivity contribution is -0.0284. The molecule has 3 nitrogen and oxygen atoms in total. The van der Waals surface area contributed by atoms with Crippen LogP contribution in [0.4, 0.5) is 0 Å². The number of likely N-dealkylation sites (N-methyl/N-ethyl adjacent to an activating group) is 1. The van der Waals surface area contributed by atoms with Gasteiger partial charge in [-0.05, 0) is 46.7 Å². The number of rotatable bonds is 7. The largest absolute Gasteiger partial charge is 0.371 e. The van der Waals surface area contributed by atoms with Gasteiger partial charge in [0.25, 0.3) is 0 Å². The number of hydrogen-bond donors (Lipinski definition) is 1. The van der Waals surface area contributed by atoms with Crippen molar-refractivity contribution in [2.75, 3.05) is 33.2 Å². The van der Waals surface area contributed by atoms with E-state index in [1.807, 2.05) is 7.05 Å². The molecule has 16 heavy (non-hydrogen) atoms. The van der Waals surface area contributed by atoms with E-state index in [1.165, 1.54) is 25.8 Å². The molecule has 1 N–H and O–H groups in total. The minimum absolute atomic E-state index is 0.103. The summed E-state index contributed by atoms with van der Waals surface area (Å²) in [5.74, 6) is 0. The summed E-state index contributed by atoms with van der Waals surface area (Å²) >= 11 is 0. The smallest absolute Gasteiger partial charge is 0.0710 e. The predicted molar refractivity (Wildman–Crippen MR) is 68.8 cm³/mol. The van der Waals surface area contributed by atoms with Gasteiger partial charge in [0.15, 0.2) is 0 Å². The molecule has 1 saturated heterocycles. The van der Waals surface area contributed by atoms with Crippen molar-refractivity contribution >= 4 is 0 Å². The molecule has 3 heteroatoms. The van der Waals surface area contributed by atoms with Crippen molar-refractivity contribution in [2.24, 2.45) is 0 Å². The van der Waals surface area contributed by atoms with Crippen molar-refractivity contribution in [3.05, 3.63) is 0 Å². The minimum Gasteiger partial charge on any atom is -0.371 e. The van der Waals surface area contributed by atoms with Gasteiger partial charge in [0.2, 0.25) is 0 Å². The zero-order valence-electron chi connectivity index (χ0n) is 11.4. The van der Waals surface area contributed by atoms with Gasteiger partial charge >= 0.3 is 0 Å². The number of ether oxygens (including phenoxy) is 1. The molecule has 1 unspecified atom stereocenters. The normalized spacial score (nSPS) is 24.2. The van der Waals surface area contributed by atoms with Crippen molar-refractivity contribution in [1.82, 2.24) is 10.2 Å². The van der Waals surface area contributed by atoms with Crippen LogP contribution in [-0.2, 0) is 4.74 Å². The Balaban J connectivity index is 2.31. The van der Waals surface area contributed by atoms with E-state index in [9.17, 15) is 0 Å². The summed E-state index contributed by atoms with van der Waals surface area (Å²) in [5, 5.41) is 3.22. The number of hydrogen-bond acceptors (Lipinski definition) is 3. The van der Waals surface area contributed by atoms with Crippen molar-refractivity contribution in [1.29, 1.82) is 0 Å². The summed E-state index contributed by atoms with van der Waals surface area (Å²) in [6, 6.07) is 0. The molecular weight excluding hydrogens is 200 g/mol. The molecule has 0 aromatic carbocycles. The van der Waals surface area contributed by atoms with Crippen LogP contribution >= 0.6 is 0 Å². The second-order valence-electron chi connectivity index (χ2n) is 5.44. The third-order valence-corrected chi connectivity index (χ3v) is 3.23. The second kappa shape index (κ2) is 6.58. The van der Waals surface area contributed by atoms with Gasteiger partial charge in [0, 0.05) is 19.6 Å². The Morgan fingerprint density at radius 1 is 1.38 bits per heavy atom. The fourth-order valence-corrected chi connectivity index (χ4v) is 2.37. The fraction of sp³-hybridized carbons (Fsp3) is 1.00. The molecule has 1 aliphatic rings. The fourth-order valence-electron chi connectivity index (χ4n) is 2.37. The highest BCUT2D eigenvalue weighted by Gasteiger charge is 2.32. The van der Waals surface area contributed by atoms with Crippen LogP contribution in [0.5, 0.6) is 0 Å². The van der Waals surface area contributed by atoms with Crippen LogP contribution in [0.2, 0.25) is 0 Å². The lowest BCUT2D eigenvalue weighted by Crippen LogP contribution is -2.38. The minimum atomic E-state index is 0.103. The van der Waals surface area contributed by atoms with E-state index >= 15 is 0 Å². The SMILES string of the molecule is CCCN(CCNC)CC1CCC(C)(C)O1. The Labute approximate surface area is 101 Å². The van der Waals surface area contributed by atoms with E-state index in [1.54, 1.807) is 0 Å². The van der Waals surface area contributed by atoms with Gasteiger partial charge in [0.05, 0.1) is 11.7 Å². The van der Waals surface area contributed by atoms with E-state index in [0.29, 0.717) is 6.10 Å². The highest BCUT2D eigenvalue weighted by atomic mass is 16.5. The first kappa shape index (κ1) is 13.9. The molecule has 0 spiro atoms. The van der Waals surface area contributed by atoms with E-state index < -0.39 is 0 Å². The number of nitrogens with zero attached hydrogens (tertiary/aromatic N) is 1. The van der Waals surface area contributed by atoms with Crippen LogP contribution in [0, 0.1) is 0 Å². The quantitative estimate of drug-likeness (QED) is 0.720.